The summed E-state index contributed by atoms with van der Waals surface area (Å²) in [5.74, 6) is -2.86. The number of benzene rings is 1. The first-order valence-corrected chi connectivity index (χ1v) is 5.88. The molecule has 0 N–H and O–H groups in total. The van der Waals surface area contributed by atoms with Gasteiger partial charge in [0.1, 0.15) is 6.10 Å². The predicted molar refractivity (Wildman–Crippen MR) is 61.4 cm³/mol. The van der Waals surface area contributed by atoms with Gasteiger partial charge in [0, 0.05) is 18.6 Å². The SMILES string of the molecule is CC(OCCCC(F)(F)F)C(=O)c1ccc(F)c(F)c1. The molecule has 0 aliphatic rings. The summed E-state index contributed by atoms with van der Waals surface area (Å²) in [4.78, 5) is 11.8. The fraction of sp³-hybridized carbons (Fsp3) is 0.462. The number of carbonyl (C=O) groups excluding carboxylic acids is 1. The first-order valence-electron chi connectivity index (χ1n) is 5.88. The van der Waals surface area contributed by atoms with E-state index in [1.807, 2.05) is 0 Å². The van der Waals surface area contributed by atoms with Crippen LogP contribution < -0.4 is 0 Å². The molecule has 1 unspecified atom stereocenters. The van der Waals surface area contributed by atoms with Gasteiger partial charge >= 0.3 is 6.18 Å². The molecule has 1 rings (SSSR count). The third-order valence-corrected chi connectivity index (χ3v) is 2.55. The zero-order valence-electron chi connectivity index (χ0n) is 10.6. The molecule has 0 spiro atoms. The summed E-state index contributed by atoms with van der Waals surface area (Å²) < 4.78 is 66.3. The van der Waals surface area contributed by atoms with Gasteiger partial charge in [0.2, 0.25) is 0 Å². The highest BCUT2D eigenvalue weighted by Gasteiger charge is 2.26. The molecule has 0 aromatic heterocycles. The standard InChI is InChI=1S/C13H13F5O2/c1-8(20-6-2-5-13(16,17)18)12(19)9-3-4-10(14)11(15)7-9/h3-4,7-8H,2,5-6H2,1H3. The van der Waals surface area contributed by atoms with Crippen molar-refractivity contribution >= 4 is 5.78 Å². The molecule has 0 aliphatic carbocycles. The largest absolute Gasteiger partial charge is 0.389 e. The smallest absolute Gasteiger partial charge is 0.370 e. The first kappa shape index (κ1) is 16.6. The molecule has 20 heavy (non-hydrogen) atoms. The molecule has 1 aromatic carbocycles. The molecule has 0 fully saturated rings. The summed E-state index contributed by atoms with van der Waals surface area (Å²) in [6.45, 7) is 1.10. The minimum atomic E-state index is -4.27. The molecule has 2 nitrogen and oxygen atoms in total. The highest BCUT2D eigenvalue weighted by Crippen LogP contribution is 2.21. The number of ketones is 1. The van der Waals surface area contributed by atoms with E-state index < -0.39 is 36.1 Å². The van der Waals surface area contributed by atoms with Gasteiger partial charge < -0.3 is 4.74 Å². The lowest BCUT2D eigenvalue weighted by molar-refractivity contribution is -0.138. The van der Waals surface area contributed by atoms with Gasteiger partial charge in [0.05, 0.1) is 0 Å². The molecule has 0 radical (unpaired) electrons. The van der Waals surface area contributed by atoms with Crippen LogP contribution in [0.4, 0.5) is 22.0 Å². The molecule has 7 heteroatoms. The lowest BCUT2D eigenvalue weighted by Gasteiger charge is -2.13. The molecule has 1 atom stereocenters. The zero-order valence-corrected chi connectivity index (χ0v) is 10.6. The second kappa shape index (κ2) is 6.78. The van der Waals surface area contributed by atoms with Crippen LogP contribution in [0, 0.1) is 11.6 Å². The molecule has 0 saturated carbocycles. The maximum atomic E-state index is 12.9. The van der Waals surface area contributed by atoms with Gasteiger partial charge in [-0.25, -0.2) is 8.78 Å². The molecule has 0 saturated heterocycles. The molecule has 0 amide bonds. The topological polar surface area (TPSA) is 26.3 Å². The first-order chi connectivity index (χ1) is 9.20. The zero-order chi connectivity index (χ0) is 15.3. The van der Waals surface area contributed by atoms with Crippen LogP contribution in [0.5, 0.6) is 0 Å². The molecular weight excluding hydrogens is 283 g/mol. The average molecular weight is 296 g/mol. The number of hydrogen-bond donors (Lipinski definition) is 0. The van der Waals surface area contributed by atoms with Crippen molar-refractivity contribution in [1.29, 1.82) is 0 Å². The number of halogens is 5. The quantitative estimate of drug-likeness (QED) is 0.452. The fourth-order valence-electron chi connectivity index (χ4n) is 1.49. The Bertz CT molecular complexity index is 470. The van der Waals surface area contributed by atoms with Crippen molar-refractivity contribution in [2.24, 2.45) is 0 Å². The maximum absolute atomic E-state index is 12.9. The Kier molecular flexibility index (Phi) is 5.62. The maximum Gasteiger partial charge on any atom is 0.389 e. The van der Waals surface area contributed by atoms with E-state index in [1.54, 1.807) is 0 Å². The number of carbonyl (C=O) groups is 1. The van der Waals surface area contributed by atoms with Crippen molar-refractivity contribution in [2.75, 3.05) is 6.61 Å². The minimum Gasteiger partial charge on any atom is -0.370 e. The summed E-state index contributed by atoms with van der Waals surface area (Å²) >= 11 is 0. The average Bonchev–Trinajstić information content (AvgIpc) is 2.35. The second-order valence-electron chi connectivity index (χ2n) is 4.22. The molecule has 0 heterocycles. The third-order valence-electron chi connectivity index (χ3n) is 2.55. The van der Waals surface area contributed by atoms with Crippen LogP contribution in [-0.2, 0) is 4.74 Å². The molecule has 1 aromatic rings. The summed E-state index contributed by atoms with van der Waals surface area (Å²) in [7, 11) is 0. The third kappa shape index (κ3) is 5.24. The number of Topliss-reactive ketones (excluding diaryl/α,β-unsaturated/α-hetero) is 1. The summed E-state index contributed by atoms with van der Waals surface area (Å²) in [5.41, 5.74) is -0.0905. The van der Waals surface area contributed by atoms with Crippen molar-refractivity contribution in [3.8, 4) is 0 Å². The Labute approximate surface area is 112 Å². The molecule has 0 aliphatic heterocycles. The van der Waals surface area contributed by atoms with Gasteiger partial charge in [-0.1, -0.05) is 0 Å². The highest BCUT2D eigenvalue weighted by molar-refractivity contribution is 5.99. The van der Waals surface area contributed by atoms with E-state index in [4.69, 9.17) is 4.74 Å². The van der Waals surface area contributed by atoms with Crippen molar-refractivity contribution in [2.45, 2.75) is 32.0 Å². The molecular formula is C13H13F5O2. The second-order valence-corrected chi connectivity index (χ2v) is 4.22. The summed E-state index contributed by atoms with van der Waals surface area (Å²) in [6, 6.07) is 2.63. The van der Waals surface area contributed by atoms with Gasteiger partial charge in [-0.15, -0.1) is 0 Å². The summed E-state index contributed by atoms with van der Waals surface area (Å²) in [6.07, 6.45) is -6.55. The van der Waals surface area contributed by atoms with E-state index in [2.05, 4.69) is 0 Å². The van der Waals surface area contributed by atoms with Gasteiger partial charge in [-0.2, -0.15) is 13.2 Å². The normalized spacial score (nSPS) is 13.3. The Morgan fingerprint density at radius 2 is 1.90 bits per heavy atom. The van der Waals surface area contributed by atoms with Crippen molar-refractivity contribution in [1.82, 2.24) is 0 Å². The van der Waals surface area contributed by atoms with Crippen LogP contribution in [-0.4, -0.2) is 24.7 Å². The minimum absolute atomic E-state index is 0.0905. The van der Waals surface area contributed by atoms with Crippen LogP contribution in [0.25, 0.3) is 0 Å². The van der Waals surface area contributed by atoms with Crippen LogP contribution >= 0.6 is 0 Å². The van der Waals surface area contributed by atoms with Gasteiger partial charge in [-0.3, -0.25) is 4.79 Å². The lowest BCUT2D eigenvalue weighted by Crippen LogP contribution is -2.22. The van der Waals surface area contributed by atoms with Crippen molar-refractivity contribution in [3.63, 3.8) is 0 Å². The van der Waals surface area contributed by atoms with E-state index in [1.165, 1.54) is 6.92 Å². The van der Waals surface area contributed by atoms with Crippen LogP contribution in [0.2, 0.25) is 0 Å². The van der Waals surface area contributed by atoms with Crippen molar-refractivity contribution in [3.05, 3.63) is 35.4 Å². The number of rotatable bonds is 6. The van der Waals surface area contributed by atoms with Gasteiger partial charge in [0.25, 0.3) is 0 Å². The lowest BCUT2D eigenvalue weighted by atomic mass is 10.1. The number of hydrogen-bond acceptors (Lipinski definition) is 2. The Balaban J connectivity index is 2.48. The Morgan fingerprint density at radius 3 is 2.45 bits per heavy atom. The highest BCUT2D eigenvalue weighted by atomic mass is 19.4. The van der Waals surface area contributed by atoms with Gasteiger partial charge in [0.15, 0.2) is 17.4 Å². The van der Waals surface area contributed by atoms with E-state index in [0.717, 1.165) is 18.2 Å². The van der Waals surface area contributed by atoms with E-state index in [0.29, 0.717) is 0 Å². The van der Waals surface area contributed by atoms with Crippen molar-refractivity contribution < 1.29 is 31.5 Å². The van der Waals surface area contributed by atoms with E-state index in [9.17, 15) is 26.7 Å². The Morgan fingerprint density at radius 1 is 1.25 bits per heavy atom. The predicted octanol–water partition coefficient (Wildman–Crippen LogP) is 3.90. The van der Waals surface area contributed by atoms with E-state index >= 15 is 0 Å². The monoisotopic (exact) mass is 296 g/mol. The summed E-state index contributed by atoms with van der Waals surface area (Å²) in [5, 5.41) is 0. The number of alkyl halides is 3. The van der Waals surface area contributed by atoms with Gasteiger partial charge in [-0.05, 0) is 31.5 Å². The molecule has 0 bridgehead atoms. The number of ether oxygens (including phenoxy) is 1. The van der Waals surface area contributed by atoms with Crippen LogP contribution in [0.3, 0.4) is 0 Å². The molecule has 112 valence electrons. The Hall–Kier alpha value is -1.50. The fourth-order valence-corrected chi connectivity index (χ4v) is 1.49. The van der Waals surface area contributed by atoms with Crippen LogP contribution in [0.15, 0.2) is 18.2 Å². The van der Waals surface area contributed by atoms with E-state index in [-0.39, 0.29) is 18.6 Å². The van der Waals surface area contributed by atoms with Crippen LogP contribution in [0.1, 0.15) is 30.1 Å².